The van der Waals surface area contributed by atoms with Gasteiger partial charge in [-0.05, 0) is 50.3 Å². The number of hydrogen-bond donors (Lipinski definition) is 1. The van der Waals surface area contributed by atoms with Crippen molar-refractivity contribution in [2.24, 2.45) is 11.3 Å². The first-order chi connectivity index (χ1) is 12.5. The molecule has 7 heteroatoms. The van der Waals surface area contributed by atoms with Crippen molar-refractivity contribution in [2.75, 3.05) is 26.2 Å². The fraction of sp³-hybridized carbons (Fsp3) is 0.550. The number of rotatable bonds is 6. The normalized spacial score (nSPS) is 26.8. The van der Waals surface area contributed by atoms with E-state index in [9.17, 15) is 19.5 Å². The van der Waals surface area contributed by atoms with Crippen molar-refractivity contribution in [3.8, 4) is 0 Å². The minimum Gasteiger partial charge on any atom is -0.481 e. The monoisotopic (exact) mass is 392 g/mol. The lowest BCUT2D eigenvalue weighted by Crippen LogP contribution is -2.36. The van der Waals surface area contributed by atoms with Crippen LogP contribution in [-0.2, 0) is 4.79 Å². The molecular formula is C20H25ClN2O4. The summed E-state index contributed by atoms with van der Waals surface area (Å²) in [4.78, 5) is 40.0. The van der Waals surface area contributed by atoms with E-state index in [-0.39, 0.29) is 30.1 Å². The van der Waals surface area contributed by atoms with E-state index in [2.05, 4.69) is 4.90 Å². The van der Waals surface area contributed by atoms with Crippen molar-refractivity contribution in [2.45, 2.75) is 32.1 Å². The number of benzene rings is 1. The van der Waals surface area contributed by atoms with Gasteiger partial charge in [0.2, 0.25) is 0 Å². The van der Waals surface area contributed by atoms with E-state index in [0.29, 0.717) is 24.2 Å². The number of aliphatic carboxylic acids is 1. The Hall–Kier alpha value is -1.92. The van der Waals surface area contributed by atoms with Crippen LogP contribution in [0.25, 0.3) is 0 Å². The number of nitrogens with zero attached hydrogens (tertiary/aromatic N) is 2. The van der Waals surface area contributed by atoms with E-state index in [0.717, 1.165) is 45.2 Å². The van der Waals surface area contributed by atoms with Gasteiger partial charge in [-0.2, -0.15) is 0 Å². The fourth-order valence-corrected chi connectivity index (χ4v) is 4.96. The predicted molar refractivity (Wildman–Crippen MR) is 102 cm³/mol. The number of fused-ring (bicyclic) bond motifs is 2. The third-order valence-corrected chi connectivity index (χ3v) is 6.35. The SMILES string of the molecule is Cl.O=C1c2ccccc2C(=O)N1CCCCN1C[C@@H]2CCC[C@@]2(C(=O)O)C1. The van der Waals surface area contributed by atoms with Crippen LogP contribution in [0.15, 0.2) is 24.3 Å². The molecule has 2 aliphatic heterocycles. The minimum absolute atomic E-state index is 0. The number of imide groups is 1. The molecule has 0 radical (unpaired) electrons. The van der Waals surface area contributed by atoms with Gasteiger partial charge in [0.25, 0.3) is 11.8 Å². The molecule has 1 aliphatic carbocycles. The first kappa shape index (κ1) is 19.8. The molecule has 1 saturated carbocycles. The molecule has 146 valence electrons. The van der Waals surface area contributed by atoms with Gasteiger partial charge < -0.3 is 10.0 Å². The zero-order valence-electron chi connectivity index (χ0n) is 15.2. The Bertz CT molecular complexity index is 733. The van der Waals surface area contributed by atoms with E-state index in [1.165, 1.54) is 4.90 Å². The number of unbranched alkanes of at least 4 members (excludes halogenated alkanes) is 1. The number of carboxylic acid groups (broad SMARTS) is 1. The number of likely N-dealkylation sites (tertiary alicyclic amines) is 1. The molecule has 2 fully saturated rings. The molecule has 0 aromatic heterocycles. The highest BCUT2D eigenvalue weighted by atomic mass is 35.5. The zero-order chi connectivity index (χ0) is 18.3. The molecule has 0 bridgehead atoms. The van der Waals surface area contributed by atoms with Crippen LogP contribution in [0.4, 0.5) is 0 Å². The summed E-state index contributed by atoms with van der Waals surface area (Å²) in [7, 11) is 0. The molecule has 3 aliphatic rings. The van der Waals surface area contributed by atoms with Gasteiger partial charge in [0, 0.05) is 19.6 Å². The summed E-state index contributed by atoms with van der Waals surface area (Å²) in [5.74, 6) is -0.776. The summed E-state index contributed by atoms with van der Waals surface area (Å²) in [6, 6.07) is 6.94. The number of hydrogen-bond acceptors (Lipinski definition) is 4. The first-order valence-electron chi connectivity index (χ1n) is 9.44. The summed E-state index contributed by atoms with van der Waals surface area (Å²) in [5.41, 5.74) is 0.448. The minimum atomic E-state index is -0.645. The highest BCUT2D eigenvalue weighted by molar-refractivity contribution is 6.21. The molecule has 2 amide bonds. The standard InChI is InChI=1S/C20H24N2O4.ClH/c23-17-15-7-1-2-8-16(15)18(24)22(17)11-4-3-10-21-12-14-6-5-9-20(14,13-21)19(25)26;/h1-2,7-8,14H,3-6,9-13H2,(H,25,26);1H/t14-,20+;/m0./s1. The van der Waals surface area contributed by atoms with Gasteiger partial charge >= 0.3 is 5.97 Å². The lowest BCUT2D eigenvalue weighted by atomic mass is 9.81. The van der Waals surface area contributed by atoms with E-state index in [1.807, 2.05) is 0 Å². The molecule has 1 aromatic rings. The van der Waals surface area contributed by atoms with Crippen LogP contribution in [0.2, 0.25) is 0 Å². The Kier molecular flexibility index (Phi) is 5.58. The Labute approximate surface area is 164 Å². The van der Waals surface area contributed by atoms with Gasteiger partial charge in [-0.1, -0.05) is 18.6 Å². The van der Waals surface area contributed by atoms with Gasteiger partial charge in [0.15, 0.2) is 0 Å². The lowest BCUT2D eigenvalue weighted by Gasteiger charge is -2.23. The van der Waals surface area contributed by atoms with E-state index in [1.54, 1.807) is 24.3 Å². The molecule has 2 heterocycles. The summed E-state index contributed by atoms with van der Waals surface area (Å²) in [6.45, 7) is 2.75. The molecule has 2 atom stereocenters. The molecule has 27 heavy (non-hydrogen) atoms. The Morgan fingerprint density at radius 2 is 1.74 bits per heavy atom. The Morgan fingerprint density at radius 3 is 2.33 bits per heavy atom. The van der Waals surface area contributed by atoms with Crippen molar-refractivity contribution in [1.29, 1.82) is 0 Å². The summed E-state index contributed by atoms with van der Waals surface area (Å²) in [5, 5.41) is 9.64. The Balaban J connectivity index is 0.00000210. The van der Waals surface area contributed by atoms with E-state index >= 15 is 0 Å². The second-order valence-electron chi connectivity index (χ2n) is 7.80. The smallest absolute Gasteiger partial charge is 0.311 e. The topological polar surface area (TPSA) is 77.9 Å². The number of carbonyl (C=O) groups excluding carboxylic acids is 2. The van der Waals surface area contributed by atoms with Gasteiger partial charge in [-0.25, -0.2) is 0 Å². The van der Waals surface area contributed by atoms with Crippen LogP contribution in [0.3, 0.4) is 0 Å². The van der Waals surface area contributed by atoms with Crippen molar-refractivity contribution >= 4 is 30.2 Å². The van der Waals surface area contributed by atoms with E-state index < -0.39 is 11.4 Å². The number of carboxylic acids is 1. The van der Waals surface area contributed by atoms with Crippen molar-refractivity contribution < 1.29 is 19.5 Å². The maximum absolute atomic E-state index is 12.3. The molecule has 0 unspecified atom stereocenters. The van der Waals surface area contributed by atoms with Gasteiger partial charge in [0.05, 0.1) is 16.5 Å². The maximum Gasteiger partial charge on any atom is 0.311 e. The van der Waals surface area contributed by atoms with Gasteiger partial charge in [-0.15, -0.1) is 12.4 Å². The lowest BCUT2D eigenvalue weighted by molar-refractivity contribution is -0.149. The highest BCUT2D eigenvalue weighted by Crippen LogP contribution is 2.48. The zero-order valence-corrected chi connectivity index (χ0v) is 16.0. The largest absolute Gasteiger partial charge is 0.481 e. The average Bonchev–Trinajstić information content (AvgIpc) is 3.25. The highest BCUT2D eigenvalue weighted by Gasteiger charge is 2.54. The molecule has 6 nitrogen and oxygen atoms in total. The average molecular weight is 393 g/mol. The fourth-order valence-electron chi connectivity index (χ4n) is 4.96. The quantitative estimate of drug-likeness (QED) is 0.594. The third-order valence-electron chi connectivity index (χ3n) is 6.35. The maximum atomic E-state index is 12.3. The van der Waals surface area contributed by atoms with Crippen molar-refractivity contribution in [1.82, 2.24) is 9.80 Å². The van der Waals surface area contributed by atoms with Crippen LogP contribution in [-0.4, -0.2) is 58.9 Å². The summed E-state index contributed by atoms with van der Waals surface area (Å²) < 4.78 is 0. The van der Waals surface area contributed by atoms with Gasteiger partial charge in [0.1, 0.15) is 0 Å². The van der Waals surface area contributed by atoms with Gasteiger partial charge in [-0.3, -0.25) is 19.3 Å². The summed E-state index contributed by atoms with van der Waals surface area (Å²) >= 11 is 0. The molecule has 1 N–H and O–H groups in total. The van der Waals surface area contributed by atoms with Crippen LogP contribution < -0.4 is 0 Å². The second-order valence-corrected chi connectivity index (χ2v) is 7.80. The molecule has 1 aromatic carbocycles. The Morgan fingerprint density at radius 1 is 1.11 bits per heavy atom. The molecule has 4 rings (SSSR count). The first-order valence-corrected chi connectivity index (χ1v) is 9.44. The molecule has 0 spiro atoms. The van der Waals surface area contributed by atoms with E-state index in [4.69, 9.17) is 0 Å². The number of amides is 2. The summed E-state index contributed by atoms with van der Waals surface area (Å²) in [6.07, 6.45) is 4.42. The van der Waals surface area contributed by atoms with Crippen LogP contribution >= 0.6 is 12.4 Å². The molecule has 1 saturated heterocycles. The van der Waals surface area contributed by atoms with Crippen molar-refractivity contribution in [3.63, 3.8) is 0 Å². The molecular weight excluding hydrogens is 368 g/mol. The van der Waals surface area contributed by atoms with Crippen LogP contribution in [0.1, 0.15) is 52.8 Å². The van der Waals surface area contributed by atoms with Crippen LogP contribution in [0.5, 0.6) is 0 Å². The van der Waals surface area contributed by atoms with Crippen molar-refractivity contribution in [3.05, 3.63) is 35.4 Å². The third kappa shape index (κ3) is 3.25. The number of halogens is 1. The predicted octanol–water partition coefficient (Wildman–Crippen LogP) is 2.67. The second kappa shape index (κ2) is 7.60. The van der Waals surface area contributed by atoms with Crippen LogP contribution in [0, 0.1) is 11.3 Å². The number of carbonyl (C=O) groups is 3.